The van der Waals surface area contributed by atoms with Gasteiger partial charge in [-0.1, -0.05) is 49.2 Å². The highest BCUT2D eigenvalue weighted by molar-refractivity contribution is 6.37. The Labute approximate surface area is 221 Å². The maximum atomic E-state index is 10.3. The molecular formula is C25H32Cl3NO6. The molecule has 1 aliphatic rings. The fraction of sp³-hybridized carbons (Fsp3) is 0.520. The SMILES string of the molecule is CC(C)(c1ccc(OC[C@H](O)CN2CCOCC2)cc1)c1cc(Cl)c(OCC(O)(O)CCl)c(Cl)c1. The molecular weight excluding hydrogens is 517 g/mol. The van der Waals surface area contributed by atoms with Crippen LogP contribution in [0.25, 0.3) is 0 Å². The zero-order valence-corrected chi connectivity index (χ0v) is 22.1. The van der Waals surface area contributed by atoms with Crippen molar-refractivity contribution in [2.75, 3.05) is 51.9 Å². The Hall–Kier alpha value is -1.29. The third-order valence-corrected chi connectivity index (χ3v) is 6.96. The lowest BCUT2D eigenvalue weighted by Crippen LogP contribution is -2.42. The van der Waals surface area contributed by atoms with E-state index in [1.807, 2.05) is 38.1 Å². The number of hydrogen-bond donors (Lipinski definition) is 3. The first kappa shape index (κ1) is 28.3. The zero-order valence-electron chi connectivity index (χ0n) is 19.8. The third-order valence-electron chi connectivity index (χ3n) is 5.97. The lowest BCUT2D eigenvalue weighted by atomic mass is 9.78. The average Bonchev–Trinajstić information content (AvgIpc) is 2.83. The van der Waals surface area contributed by atoms with Crippen LogP contribution in [0.3, 0.4) is 0 Å². The van der Waals surface area contributed by atoms with Gasteiger partial charge in [-0.15, -0.1) is 11.6 Å². The van der Waals surface area contributed by atoms with Gasteiger partial charge >= 0.3 is 0 Å². The number of halogens is 3. The Balaban J connectivity index is 1.63. The van der Waals surface area contributed by atoms with Gasteiger partial charge in [-0.3, -0.25) is 4.90 Å². The van der Waals surface area contributed by atoms with Crippen molar-refractivity contribution < 1.29 is 29.5 Å². The van der Waals surface area contributed by atoms with Crippen molar-refractivity contribution in [1.29, 1.82) is 0 Å². The first-order chi connectivity index (χ1) is 16.5. The zero-order chi connectivity index (χ0) is 25.6. The van der Waals surface area contributed by atoms with Crippen LogP contribution >= 0.6 is 34.8 Å². The van der Waals surface area contributed by atoms with Crippen LogP contribution in [0.1, 0.15) is 25.0 Å². The van der Waals surface area contributed by atoms with Gasteiger partial charge in [0.2, 0.25) is 5.79 Å². The van der Waals surface area contributed by atoms with Gasteiger partial charge in [0, 0.05) is 25.0 Å². The highest BCUT2D eigenvalue weighted by Crippen LogP contribution is 2.41. The summed E-state index contributed by atoms with van der Waals surface area (Å²) in [6, 6.07) is 11.1. The first-order valence-corrected chi connectivity index (χ1v) is 12.7. The Morgan fingerprint density at radius 3 is 2.17 bits per heavy atom. The summed E-state index contributed by atoms with van der Waals surface area (Å²) in [6.07, 6.45) is -0.583. The van der Waals surface area contributed by atoms with Crippen molar-refractivity contribution in [2.24, 2.45) is 0 Å². The van der Waals surface area contributed by atoms with Crippen LogP contribution in [0.5, 0.6) is 11.5 Å². The minimum absolute atomic E-state index is 0.157. The molecule has 1 atom stereocenters. The van der Waals surface area contributed by atoms with E-state index >= 15 is 0 Å². The predicted octanol–water partition coefficient (Wildman–Crippen LogP) is 3.69. The van der Waals surface area contributed by atoms with Crippen molar-refractivity contribution in [3.05, 3.63) is 57.6 Å². The molecule has 0 unspecified atom stereocenters. The summed E-state index contributed by atoms with van der Waals surface area (Å²) in [7, 11) is 0. The van der Waals surface area contributed by atoms with E-state index in [9.17, 15) is 15.3 Å². The van der Waals surface area contributed by atoms with Crippen molar-refractivity contribution >= 4 is 34.8 Å². The molecule has 1 saturated heterocycles. The molecule has 35 heavy (non-hydrogen) atoms. The second-order valence-corrected chi connectivity index (χ2v) is 10.3. The Morgan fingerprint density at radius 1 is 1.00 bits per heavy atom. The number of β-amino-alcohol motifs (C(OH)–C–C–N with tert-alkyl or cyclic N) is 1. The van der Waals surface area contributed by atoms with Gasteiger partial charge in [0.1, 0.15) is 25.1 Å². The third kappa shape index (κ3) is 7.84. The lowest BCUT2D eigenvalue weighted by molar-refractivity contribution is -0.162. The van der Waals surface area contributed by atoms with E-state index in [0.717, 1.165) is 24.2 Å². The number of rotatable bonds is 11. The lowest BCUT2D eigenvalue weighted by Gasteiger charge is -2.29. The molecule has 0 aliphatic carbocycles. The number of ether oxygens (including phenoxy) is 3. The number of morpholine rings is 1. The van der Waals surface area contributed by atoms with Crippen LogP contribution < -0.4 is 9.47 Å². The van der Waals surface area contributed by atoms with Gasteiger partial charge in [-0.2, -0.15) is 0 Å². The summed E-state index contributed by atoms with van der Waals surface area (Å²) in [5, 5.41) is 30.1. The fourth-order valence-electron chi connectivity index (χ4n) is 3.75. The Morgan fingerprint density at radius 2 is 1.60 bits per heavy atom. The maximum absolute atomic E-state index is 10.3. The molecule has 2 aromatic rings. The summed E-state index contributed by atoms with van der Waals surface area (Å²) >= 11 is 18.3. The molecule has 1 aliphatic heterocycles. The van der Waals surface area contributed by atoms with Crippen LogP contribution in [0.2, 0.25) is 10.0 Å². The minimum atomic E-state index is -2.19. The molecule has 3 N–H and O–H groups in total. The number of hydrogen-bond acceptors (Lipinski definition) is 7. The highest BCUT2D eigenvalue weighted by Gasteiger charge is 2.28. The molecule has 7 nitrogen and oxygen atoms in total. The second-order valence-electron chi connectivity index (χ2n) is 9.20. The van der Waals surface area contributed by atoms with E-state index in [1.165, 1.54) is 0 Å². The van der Waals surface area contributed by atoms with Crippen LogP contribution in [0, 0.1) is 0 Å². The predicted molar refractivity (Wildman–Crippen MR) is 137 cm³/mol. The molecule has 3 rings (SSSR count). The molecule has 0 bridgehead atoms. The molecule has 1 fully saturated rings. The molecule has 2 aromatic carbocycles. The second kappa shape index (κ2) is 12.3. The van der Waals surface area contributed by atoms with Gasteiger partial charge in [0.25, 0.3) is 0 Å². The van der Waals surface area contributed by atoms with Gasteiger partial charge in [0.15, 0.2) is 5.75 Å². The quantitative estimate of drug-likeness (QED) is 0.291. The first-order valence-electron chi connectivity index (χ1n) is 11.4. The van der Waals surface area contributed by atoms with Gasteiger partial charge < -0.3 is 29.5 Å². The van der Waals surface area contributed by atoms with E-state index in [4.69, 9.17) is 49.0 Å². The number of aliphatic hydroxyl groups is 3. The molecule has 0 amide bonds. The Kier molecular flexibility index (Phi) is 9.94. The Bertz CT molecular complexity index is 941. The van der Waals surface area contributed by atoms with E-state index in [-0.39, 0.29) is 22.4 Å². The summed E-state index contributed by atoms with van der Waals surface area (Å²) < 4.78 is 16.5. The molecule has 0 aromatic heterocycles. The fourth-order valence-corrected chi connectivity index (χ4v) is 4.42. The molecule has 0 spiro atoms. The number of benzene rings is 2. The normalized spacial score (nSPS) is 16.2. The highest BCUT2D eigenvalue weighted by atomic mass is 35.5. The minimum Gasteiger partial charge on any atom is -0.491 e. The van der Waals surface area contributed by atoms with E-state index < -0.39 is 29.8 Å². The van der Waals surface area contributed by atoms with Crippen molar-refractivity contribution in [3.8, 4) is 11.5 Å². The van der Waals surface area contributed by atoms with E-state index in [2.05, 4.69) is 4.90 Å². The summed E-state index contributed by atoms with van der Waals surface area (Å²) in [6.45, 7) is 7.39. The molecule has 0 saturated carbocycles. The summed E-state index contributed by atoms with van der Waals surface area (Å²) in [5.41, 5.74) is 1.41. The van der Waals surface area contributed by atoms with Gasteiger partial charge in [-0.05, 0) is 35.4 Å². The number of alkyl halides is 1. The summed E-state index contributed by atoms with van der Waals surface area (Å²) in [5.74, 6) is -1.78. The topological polar surface area (TPSA) is 91.6 Å². The maximum Gasteiger partial charge on any atom is 0.211 e. The molecule has 10 heteroatoms. The van der Waals surface area contributed by atoms with Crippen molar-refractivity contribution in [1.82, 2.24) is 4.90 Å². The standard InChI is InChI=1S/C25H32Cl3NO6/c1-24(2,18-11-21(27)23(22(28)12-18)35-16-25(31,32)15-26)17-3-5-20(6-4-17)34-14-19(30)13-29-7-9-33-10-8-29/h3-6,11-12,19,30-32H,7-10,13-16H2,1-2H3/t19-/m1/s1. The van der Waals surface area contributed by atoms with Gasteiger partial charge in [-0.25, -0.2) is 0 Å². The van der Waals surface area contributed by atoms with Crippen LogP contribution in [-0.2, 0) is 10.2 Å². The molecule has 1 heterocycles. The van der Waals surface area contributed by atoms with E-state index in [0.29, 0.717) is 25.5 Å². The van der Waals surface area contributed by atoms with Crippen LogP contribution in [-0.4, -0.2) is 84.1 Å². The monoisotopic (exact) mass is 547 g/mol. The van der Waals surface area contributed by atoms with E-state index in [1.54, 1.807) is 12.1 Å². The van der Waals surface area contributed by atoms with Crippen molar-refractivity contribution in [3.63, 3.8) is 0 Å². The van der Waals surface area contributed by atoms with Crippen LogP contribution in [0.15, 0.2) is 36.4 Å². The van der Waals surface area contributed by atoms with Crippen molar-refractivity contribution in [2.45, 2.75) is 31.2 Å². The number of nitrogens with zero attached hydrogens (tertiary/aromatic N) is 1. The average molecular weight is 549 g/mol. The van der Waals surface area contributed by atoms with Gasteiger partial charge in [0.05, 0.1) is 29.1 Å². The largest absolute Gasteiger partial charge is 0.491 e. The molecule has 0 radical (unpaired) electrons. The molecule has 194 valence electrons. The summed E-state index contributed by atoms with van der Waals surface area (Å²) in [4.78, 5) is 2.16. The number of aliphatic hydroxyl groups excluding tert-OH is 1. The van der Waals surface area contributed by atoms with Crippen LogP contribution in [0.4, 0.5) is 0 Å². The smallest absolute Gasteiger partial charge is 0.211 e.